The highest BCUT2D eigenvalue weighted by molar-refractivity contribution is 4.90. The molecule has 0 aromatic rings. The molecular weight excluding hydrogens is 192 g/mol. The van der Waals surface area contributed by atoms with Gasteiger partial charge in [0.25, 0.3) is 0 Å². The molecule has 0 aliphatic heterocycles. The summed E-state index contributed by atoms with van der Waals surface area (Å²) in [6.45, 7) is 8.44. The molecule has 1 atom stereocenters. The maximum absolute atomic E-state index is 8.79. The molecule has 0 rings (SSSR count). The monoisotopic (exact) mass is 214 g/mol. The van der Waals surface area contributed by atoms with Crippen LogP contribution in [-0.2, 0) is 9.47 Å². The summed E-state index contributed by atoms with van der Waals surface area (Å²) in [5.74, 6) is 0. The summed E-state index contributed by atoms with van der Waals surface area (Å²) in [6.07, 6.45) is 1.02. The number of nitriles is 1. The van der Waals surface area contributed by atoms with Crippen molar-refractivity contribution >= 4 is 0 Å². The van der Waals surface area contributed by atoms with Crippen molar-refractivity contribution in [1.82, 2.24) is 5.32 Å². The van der Waals surface area contributed by atoms with Crippen LogP contribution in [0.4, 0.5) is 0 Å². The van der Waals surface area contributed by atoms with Crippen molar-refractivity contribution in [1.29, 1.82) is 5.26 Å². The van der Waals surface area contributed by atoms with E-state index in [1.807, 2.05) is 13.8 Å². The first-order chi connectivity index (χ1) is 7.20. The topological polar surface area (TPSA) is 54.3 Å². The Morgan fingerprint density at radius 1 is 1.20 bits per heavy atom. The van der Waals surface area contributed by atoms with E-state index in [4.69, 9.17) is 14.7 Å². The van der Waals surface area contributed by atoms with Crippen molar-refractivity contribution in [2.24, 2.45) is 0 Å². The van der Waals surface area contributed by atoms with Gasteiger partial charge in [-0.2, -0.15) is 5.26 Å². The van der Waals surface area contributed by atoms with Crippen LogP contribution < -0.4 is 5.32 Å². The largest absolute Gasteiger partial charge is 0.379 e. The quantitative estimate of drug-likeness (QED) is 0.588. The van der Waals surface area contributed by atoms with E-state index in [0.717, 1.165) is 13.0 Å². The molecule has 88 valence electrons. The van der Waals surface area contributed by atoms with Gasteiger partial charge in [-0.1, -0.05) is 6.92 Å². The number of ether oxygens (including phenoxy) is 2. The van der Waals surface area contributed by atoms with Gasteiger partial charge in [0.15, 0.2) is 0 Å². The van der Waals surface area contributed by atoms with Gasteiger partial charge < -0.3 is 9.47 Å². The second kappa shape index (κ2) is 9.91. The molecule has 1 unspecified atom stereocenters. The van der Waals surface area contributed by atoms with Gasteiger partial charge in [0, 0.05) is 12.6 Å². The third-order valence-electron chi connectivity index (χ3n) is 1.70. The third-order valence-corrected chi connectivity index (χ3v) is 1.70. The molecule has 0 heterocycles. The predicted octanol–water partition coefficient (Wildman–Crippen LogP) is 1.32. The Kier molecular flexibility index (Phi) is 9.49. The number of hydrogen-bond donors (Lipinski definition) is 1. The molecule has 0 amide bonds. The normalized spacial score (nSPS) is 12.7. The minimum atomic E-state index is -0.226. The fourth-order valence-corrected chi connectivity index (χ4v) is 1.09. The summed E-state index contributed by atoms with van der Waals surface area (Å²) < 4.78 is 10.6. The van der Waals surface area contributed by atoms with Crippen LogP contribution in [-0.4, -0.2) is 38.5 Å². The number of rotatable bonds is 9. The molecule has 1 N–H and O–H groups in total. The Bertz CT molecular complexity index is 178. The van der Waals surface area contributed by atoms with Crippen LogP contribution in [0.5, 0.6) is 0 Å². The fraction of sp³-hybridized carbons (Fsp3) is 0.909. The molecule has 0 saturated heterocycles. The van der Waals surface area contributed by atoms with E-state index in [1.54, 1.807) is 0 Å². The minimum Gasteiger partial charge on any atom is -0.379 e. The predicted molar refractivity (Wildman–Crippen MR) is 59.6 cm³/mol. The van der Waals surface area contributed by atoms with Crippen molar-refractivity contribution in [3.8, 4) is 6.07 Å². The molecule has 0 bridgehead atoms. The average Bonchev–Trinajstić information content (AvgIpc) is 2.20. The smallest absolute Gasteiger partial charge is 0.119 e. The van der Waals surface area contributed by atoms with Crippen LogP contribution in [0.1, 0.15) is 27.2 Å². The van der Waals surface area contributed by atoms with E-state index in [1.165, 1.54) is 0 Å². The lowest BCUT2D eigenvalue weighted by atomic mass is 10.3. The Hall–Kier alpha value is -0.630. The molecule has 0 aromatic carbocycles. The molecule has 0 saturated carbocycles. The second-order valence-corrected chi connectivity index (χ2v) is 3.69. The second-order valence-electron chi connectivity index (χ2n) is 3.69. The van der Waals surface area contributed by atoms with Gasteiger partial charge in [0.05, 0.1) is 25.9 Å². The molecule has 0 fully saturated rings. The average molecular weight is 214 g/mol. The highest BCUT2D eigenvalue weighted by Gasteiger charge is 2.07. The molecule has 0 aliphatic rings. The van der Waals surface area contributed by atoms with E-state index >= 15 is 0 Å². The van der Waals surface area contributed by atoms with Gasteiger partial charge in [-0.05, 0) is 20.3 Å². The maximum Gasteiger partial charge on any atom is 0.119 e. The summed E-state index contributed by atoms with van der Waals surface area (Å²) in [5, 5.41) is 11.9. The number of hydrogen-bond acceptors (Lipinski definition) is 4. The molecule has 15 heavy (non-hydrogen) atoms. The maximum atomic E-state index is 8.79. The van der Waals surface area contributed by atoms with Crippen LogP contribution in [0.15, 0.2) is 0 Å². The lowest BCUT2D eigenvalue weighted by Crippen LogP contribution is -2.37. The molecule has 0 aromatic heterocycles. The Labute approximate surface area is 92.6 Å². The van der Waals surface area contributed by atoms with Crippen LogP contribution in [0.25, 0.3) is 0 Å². The van der Waals surface area contributed by atoms with Gasteiger partial charge in [-0.15, -0.1) is 0 Å². The van der Waals surface area contributed by atoms with Crippen molar-refractivity contribution in [2.75, 3.05) is 26.4 Å². The van der Waals surface area contributed by atoms with Gasteiger partial charge in [-0.3, -0.25) is 5.32 Å². The van der Waals surface area contributed by atoms with Crippen molar-refractivity contribution in [2.45, 2.75) is 39.3 Å². The van der Waals surface area contributed by atoms with Crippen LogP contribution in [0.3, 0.4) is 0 Å². The number of nitrogens with one attached hydrogen (secondary N) is 1. The summed E-state index contributed by atoms with van der Waals surface area (Å²) in [4.78, 5) is 0. The van der Waals surface area contributed by atoms with Crippen LogP contribution in [0, 0.1) is 11.3 Å². The van der Waals surface area contributed by atoms with E-state index in [0.29, 0.717) is 25.9 Å². The summed E-state index contributed by atoms with van der Waals surface area (Å²) >= 11 is 0. The summed E-state index contributed by atoms with van der Waals surface area (Å²) in [6, 6.07) is 2.23. The lowest BCUT2D eigenvalue weighted by molar-refractivity contribution is 0.0434. The van der Waals surface area contributed by atoms with E-state index in [9.17, 15) is 0 Å². The first-order valence-corrected chi connectivity index (χ1v) is 5.51. The van der Waals surface area contributed by atoms with Crippen molar-refractivity contribution in [3.63, 3.8) is 0 Å². The lowest BCUT2D eigenvalue weighted by Gasteiger charge is -2.14. The van der Waals surface area contributed by atoms with Crippen molar-refractivity contribution in [3.05, 3.63) is 0 Å². The zero-order valence-electron chi connectivity index (χ0n) is 9.95. The van der Waals surface area contributed by atoms with Crippen molar-refractivity contribution < 1.29 is 9.47 Å². The summed E-state index contributed by atoms with van der Waals surface area (Å²) in [5.41, 5.74) is 0. The SMILES string of the molecule is CCCOCCOCC(C#N)NC(C)C. The Balaban J connectivity index is 3.35. The third kappa shape index (κ3) is 9.67. The van der Waals surface area contributed by atoms with Crippen LogP contribution in [0.2, 0.25) is 0 Å². The molecule has 0 radical (unpaired) electrons. The first kappa shape index (κ1) is 14.4. The van der Waals surface area contributed by atoms with Crippen LogP contribution >= 0.6 is 0 Å². The van der Waals surface area contributed by atoms with Gasteiger partial charge in [-0.25, -0.2) is 0 Å². The Morgan fingerprint density at radius 2 is 1.87 bits per heavy atom. The van der Waals surface area contributed by atoms with E-state index < -0.39 is 0 Å². The van der Waals surface area contributed by atoms with E-state index in [2.05, 4.69) is 18.3 Å². The molecule has 4 nitrogen and oxygen atoms in total. The molecular formula is C11H22N2O2. The Morgan fingerprint density at radius 3 is 2.40 bits per heavy atom. The van der Waals surface area contributed by atoms with E-state index in [-0.39, 0.29) is 6.04 Å². The van der Waals surface area contributed by atoms with Gasteiger partial charge in [0.1, 0.15) is 6.04 Å². The molecule has 0 aliphatic carbocycles. The minimum absolute atomic E-state index is 0.226. The highest BCUT2D eigenvalue weighted by Crippen LogP contribution is 1.89. The highest BCUT2D eigenvalue weighted by atomic mass is 16.5. The zero-order valence-corrected chi connectivity index (χ0v) is 9.95. The standard InChI is InChI=1S/C11H22N2O2/c1-4-5-14-6-7-15-9-11(8-12)13-10(2)3/h10-11,13H,4-7,9H2,1-3H3. The van der Waals surface area contributed by atoms with Gasteiger partial charge in [0.2, 0.25) is 0 Å². The summed E-state index contributed by atoms with van der Waals surface area (Å²) in [7, 11) is 0. The number of nitrogens with zero attached hydrogens (tertiary/aromatic N) is 1. The van der Waals surface area contributed by atoms with Gasteiger partial charge >= 0.3 is 0 Å². The molecule has 0 spiro atoms. The zero-order chi connectivity index (χ0) is 11.5. The first-order valence-electron chi connectivity index (χ1n) is 5.51. The molecule has 4 heteroatoms. The fourth-order valence-electron chi connectivity index (χ4n) is 1.09.